The van der Waals surface area contributed by atoms with Gasteiger partial charge in [0.05, 0.1) is 0 Å². The molecule has 1 N–H and O–H groups in total. The lowest BCUT2D eigenvalue weighted by atomic mass is 9.91. The van der Waals surface area contributed by atoms with E-state index in [1.807, 2.05) is 13.1 Å². The summed E-state index contributed by atoms with van der Waals surface area (Å²) < 4.78 is 0. The fourth-order valence-corrected chi connectivity index (χ4v) is 3.02. The number of hydrogen-bond donors (Lipinski definition) is 1. The van der Waals surface area contributed by atoms with Gasteiger partial charge in [-0.3, -0.25) is 4.98 Å². The van der Waals surface area contributed by atoms with Crippen molar-refractivity contribution in [3.05, 3.63) is 29.6 Å². The molecule has 0 radical (unpaired) electrons. The molecule has 0 aliphatic heterocycles. The second kappa shape index (κ2) is 4.77. The van der Waals surface area contributed by atoms with Gasteiger partial charge in [-0.25, -0.2) is 0 Å². The highest BCUT2D eigenvalue weighted by molar-refractivity contribution is 5.13. The van der Waals surface area contributed by atoms with Gasteiger partial charge >= 0.3 is 0 Å². The van der Waals surface area contributed by atoms with Crippen molar-refractivity contribution in [2.75, 3.05) is 0 Å². The van der Waals surface area contributed by atoms with Crippen molar-refractivity contribution in [1.82, 2.24) is 10.3 Å². The van der Waals surface area contributed by atoms with Gasteiger partial charge in [-0.1, -0.05) is 26.8 Å². The quantitative estimate of drug-likeness (QED) is 0.865. The molecule has 1 aliphatic carbocycles. The van der Waals surface area contributed by atoms with Crippen molar-refractivity contribution in [1.29, 1.82) is 0 Å². The number of aryl methyl sites for hydroxylation is 1. The summed E-state index contributed by atoms with van der Waals surface area (Å²) in [6.07, 6.45) is 4.59. The van der Waals surface area contributed by atoms with Gasteiger partial charge in [-0.15, -0.1) is 0 Å². The zero-order chi connectivity index (χ0) is 12.5. The van der Waals surface area contributed by atoms with Crippen LogP contribution in [0.5, 0.6) is 0 Å². The van der Waals surface area contributed by atoms with Gasteiger partial charge in [0.15, 0.2) is 0 Å². The minimum atomic E-state index is 0.503. The predicted octanol–water partition coefficient (Wildman–Crippen LogP) is 3.30. The van der Waals surface area contributed by atoms with E-state index in [2.05, 4.69) is 43.2 Å². The van der Waals surface area contributed by atoms with Gasteiger partial charge in [-0.05, 0) is 42.7 Å². The van der Waals surface area contributed by atoms with Gasteiger partial charge in [0.25, 0.3) is 0 Å². The van der Waals surface area contributed by atoms with Crippen LogP contribution in [-0.2, 0) is 6.54 Å². The largest absolute Gasteiger partial charge is 0.310 e. The van der Waals surface area contributed by atoms with Crippen LogP contribution in [0.2, 0.25) is 0 Å². The Hall–Kier alpha value is -0.890. The Kier molecular flexibility index (Phi) is 3.53. The van der Waals surface area contributed by atoms with Crippen LogP contribution in [0, 0.1) is 18.3 Å². The van der Waals surface area contributed by atoms with Crippen LogP contribution >= 0.6 is 0 Å². The van der Waals surface area contributed by atoms with Crippen LogP contribution in [0.25, 0.3) is 0 Å². The van der Waals surface area contributed by atoms with Crippen LogP contribution in [0.15, 0.2) is 18.3 Å². The van der Waals surface area contributed by atoms with Crippen molar-refractivity contribution in [2.45, 2.75) is 53.1 Å². The van der Waals surface area contributed by atoms with Crippen LogP contribution in [-0.4, -0.2) is 11.0 Å². The topological polar surface area (TPSA) is 24.9 Å². The molecule has 17 heavy (non-hydrogen) atoms. The lowest BCUT2D eigenvalue weighted by Gasteiger charge is -2.18. The number of pyridine rings is 1. The molecule has 0 saturated heterocycles. The Morgan fingerprint density at radius 1 is 1.35 bits per heavy atom. The molecule has 1 aromatic rings. The van der Waals surface area contributed by atoms with Crippen LogP contribution < -0.4 is 5.32 Å². The third-order valence-electron chi connectivity index (χ3n) is 3.87. The number of rotatable bonds is 3. The Balaban J connectivity index is 1.88. The van der Waals surface area contributed by atoms with E-state index in [-0.39, 0.29) is 0 Å². The molecule has 0 amide bonds. The number of nitrogens with one attached hydrogen (secondary N) is 1. The maximum absolute atomic E-state index is 4.33. The Labute approximate surface area is 105 Å². The highest BCUT2D eigenvalue weighted by atomic mass is 14.9. The number of hydrogen-bond acceptors (Lipinski definition) is 2. The van der Waals surface area contributed by atoms with E-state index in [1.165, 1.54) is 18.4 Å². The summed E-state index contributed by atoms with van der Waals surface area (Å²) in [6, 6.07) is 4.91. The van der Waals surface area contributed by atoms with E-state index in [0.717, 1.165) is 18.2 Å². The minimum absolute atomic E-state index is 0.503. The second-order valence-electron chi connectivity index (χ2n) is 6.34. The number of nitrogens with zero attached hydrogens (tertiary/aromatic N) is 1. The fourth-order valence-electron chi connectivity index (χ4n) is 3.02. The first-order valence-corrected chi connectivity index (χ1v) is 6.61. The molecule has 1 aromatic heterocycles. The second-order valence-corrected chi connectivity index (χ2v) is 6.34. The van der Waals surface area contributed by atoms with Crippen molar-refractivity contribution >= 4 is 0 Å². The van der Waals surface area contributed by atoms with Crippen molar-refractivity contribution in [3.8, 4) is 0 Å². The summed E-state index contributed by atoms with van der Waals surface area (Å²) in [5.41, 5.74) is 2.87. The van der Waals surface area contributed by atoms with E-state index in [9.17, 15) is 0 Å². The van der Waals surface area contributed by atoms with Gasteiger partial charge < -0.3 is 5.32 Å². The summed E-state index contributed by atoms with van der Waals surface area (Å²) in [4.78, 5) is 4.33. The Morgan fingerprint density at radius 3 is 2.65 bits per heavy atom. The maximum Gasteiger partial charge on any atom is 0.0372 e. The average Bonchev–Trinajstić information content (AvgIpc) is 2.51. The molecule has 0 spiro atoms. The molecule has 2 atom stereocenters. The zero-order valence-electron chi connectivity index (χ0n) is 11.5. The third-order valence-corrected chi connectivity index (χ3v) is 3.87. The summed E-state index contributed by atoms with van der Waals surface area (Å²) in [7, 11) is 0. The van der Waals surface area contributed by atoms with Crippen LogP contribution in [0.1, 0.15) is 44.9 Å². The van der Waals surface area contributed by atoms with E-state index in [1.54, 1.807) is 0 Å². The van der Waals surface area contributed by atoms with Crippen LogP contribution in [0.3, 0.4) is 0 Å². The standard InChI is InChI=1S/C15H24N2/c1-11-7-15(3,4)8-14(11)17-10-13-6-5-12(2)16-9-13/h5-6,9,11,14,17H,7-8,10H2,1-4H3. The molecule has 0 aromatic carbocycles. The monoisotopic (exact) mass is 232 g/mol. The molecule has 94 valence electrons. The van der Waals surface area contributed by atoms with Gasteiger partial charge in [0, 0.05) is 24.5 Å². The fraction of sp³-hybridized carbons (Fsp3) is 0.667. The molecular weight excluding hydrogens is 208 g/mol. The Bertz CT molecular complexity index is 367. The number of aromatic nitrogens is 1. The summed E-state index contributed by atoms with van der Waals surface area (Å²) >= 11 is 0. The van der Waals surface area contributed by atoms with Crippen molar-refractivity contribution < 1.29 is 0 Å². The molecule has 1 aliphatic rings. The summed E-state index contributed by atoms with van der Waals surface area (Å²) in [5, 5.41) is 3.68. The molecule has 0 bridgehead atoms. The molecular formula is C15H24N2. The normalized spacial score (nSPS) is 27.3. The van der Waals surface area contributed by atoms with Crippen molar-refractivity contribution in [2.24, 2.45) is 11.3 Å². The predicted molar refractivity (Wildman–Crippen MR) is 71.8 cm³/mol. The Morgan fingerprint density at radius 2 is 2.12 bits per heavy atom. The molecule has 2 nitrogen and oxygen atoms in total. The smallest absolute Gasteiger partial charge is 0.0372 e. The van der Waals surface area contributed by atoms with Gasteiger partial charge in [0.1, 0.15) is 0 Å². The molecule has 2 rings (SSSR count). The third kappa shape index (κ3) is 3.29. The lowest BCUT2D eigenvalue weighted by Crippen LogP contribution is -2.31. The minimum Gasteiger partial charge on any atom is -0.310 e. The molecule has 2 heteroatoms. The summed E-state index contributed by atoms with van der Waals surface area (Å²) in [5.74, 6) is 0.781. The average molecular weight is 232 g/mol. The first kappa shape index (κ1) is 12.6. The van der Waals surface area contributed by atoms with Crippen LogP contribution in [0.4, 0.5) is 0 Å². The zero-order valence-corrected chi connectivity index (χ0v) is 11.5. The SMILES string of the molecule is Cc1ccc(CNC2CC(C)(C)CC2C)cn1. The first-order chi connectivity index (χ1) is 7.96. The van der Waals surface area contributed by atoms with Crippen molar-refractivity contribution in [3.63, 3.8) is 0 Å². The highest BCUT2D eigenvalue weighted by Gasteiger charge is 2.36. The molecule has 1 fully saturated rings. The molecule has 1 heterocycles. The molecule has 2 unspecified atom stereocenters. The van der Waals surface area contributed by atoms with E-state index in [4.69, 9.17) is 0 Å². The first-order valence-electron chi connectivity index (χ1n) is 6.61. The van der Waals surface area contributed by atoms with E-state index >= 15 is 0 Å². The van der Waals surface area contributed by atoms with Gasteiger partial charge in [-0.2, -0.15) is 0 Å². The lowest BCUT2D eigenvalue weighted by molar-refractivity contribution is 0.362. The van der Waals surface area contributed by atoms with E-state index < -0.39 is 0 Å². The summed E-state index contributed by atoms with van der Waals surface area (Å²) in [6.45, 7) is 10.1. The maximum atomic E-state index is 4.33. The van der Waals surface area contributed by atoms with Gasteiger partial charge in [0.2, 0.25) is 0 Å². The highest BCUT2D eigenvalue weighted by Crippen LogP contribution is 2.40. The molecule has 1 saturated carbocycles. The van der Waals surface area contributed by atoms with E-state index in [0.29, 0.717) is 11.5 Å².